The molecule has 1 aromatic carbocycles. The lowest BCUT2D eigenvalue weighted by atomic mass is 9.97. The Labute approximate surface area is 113 Å². The van der Waals surface area contributed by atoms with Gasteiger partial charge in [0.1, 0.15) is 0 Å². The number of halogens is 3. The number of aliphatic hydroxyl groups is 1. The number of hydrazone groups is 1. The lowest BCUT2D eigenvalue weighted by Gasteiger charge is -2.33. The van der Waals surface area contributed by atoms with Crippen molar-refractivity contribution in [3.05, 3.63) is 34.9 Å². The summed E-state index contributed by atoms with van der Waals surface area (Å²) < 4.78 is 26.9. The number of hydrogen-bond acceptors (Lipinski definition) is 3. The monoisotopic (exact) mass is 288 g/mol. The van der Waals surface area contributed by atoms with Gasteiger partial charge in [0.05, 0.1) is 5.71 Å². The second-order valence-corrected chi connectivity index (χ2v) is 4.82. The molecule has 1 aliphatic heterocycles. The molecule has 1 N–H and O–H groups in total. The van der Waals surface area contributed by atoms with Crippen molar-refractivity contribution in [1.29, 1.82) is 0 Å². The molecule has 4 nitrogen and oxygen atoms in total. The summed E-state index contributed by atoms with van der Waals surface area (Å²) in [6, 6.07) is 6.33. The van der Waals surface area contributed by atoms with Gasteiger partial charge in [-0.1, -0.05) is 23.7 Å². The zero-order chi connectivity index (χ0) is 14.3. The molecule has 19 heavy (non-hydrogen) atoms. The maximum absolute atomic E-state index is 13.5. The zero-order valence-electron chi connectivity index (χ0n) is 9.98. The third-order valence-electron chi connectivity index (χ3n) is 3.00. The van der Waals surface area contributed by atoms with E-state index in [4.69, 9.17) is 11.6 Å². The number of carbonyl (C=O) groups is 1. The molecule has 0 unspecified atom stereocenters. The van der Waals surface area contributed by atoms with Crippen LogP contribution in [0.1, 0.15) is 18.9 Å². The maximum atomic E-state index is 13.5. The topological polar surface area (TPSA) is 52.9 Å². The summed E-state index contributed by atoms with van der Waals surface area (Å²) in [6.07, 6.45) is -0.364. The smallest absolute Gasteiger partial charge is 0.294 e. The first-order valence-electron chi connectivity index (χ1n) is 5.46. The molecular formula is C12H11ClF2N2O2. The number of carbonyl (C=O) groups excluding carboxylic acids is 1. The van der Waals surface area contributed by atoms with Gasteiger partial charge in [-0.3, -0.25) is 4.79 Å². The van der Waals surface area contributed by atoms with Crippen molar-refractivity contribution >= 4 is 23.7 Å². The Balaban J connectivity index is 2.36. The van der Waals surface area contributed by atoms with Crippen LogP contribution in [0.3, 0.4) is 0 Å². The second-order valence-electron chi connectivity index (χ2n) is 4.39. The maximum Gasteiger partial charge on any atom is 0.294 e. The van der Waals surface area contributed by atoms with Crippen LogP contribution < -0.4 is 0 Å². The summed E-state index contributed by atoms with van der Waals surface area (Å²) in [5, 5.41) is 14.6. The molecule has 1 aliphatic rings. The molecule has 0 fully saturated rings. The van der Waals surface area contributed by atoms with Gasteiger partial charge in [-0.15, -0.1) is 0 Å². The fourth-order valence-corrected chi connectivity index (χ4v) is 1.96. The predicted molar refractivity (Wildman–Crippen MR) is 66.1 cm³/mol. The van der Waals surface area contributed by atoms with Gasteiger partial charge in [-0.2, -0.15) is 10.1 Å². The standard InChI is InChI=1S/C12H11ClF2N2O2/c1-11(14,15)12(19)6-10(16-17(12)7-18)8-2-4-9(13)5-3-8/h2-5,7,19H,6H2,1H3/t12-/m1/s1. The lowest BCUT2D eigenvalue weighted by molar-refractivity contribution is -0.229. The van der Waals surface area contributed by atoms with E-state index >= 15 is 0 Å². The van der Waals surface area contributed by atoms with Crippen molar-refractivity contribution in [2.24, 2.45) is 5.10 Å². The molecule has 0 bridgehead atoms. The normalized spacial score (nSPS) is 23.4. The largest absolute Gasteiger partial charge is 0.364 e. The van der Waals surface area contributed by atoms with Gasteiger partial charge in [0.15, 0.2) is 0 Å². The third-order valence-corrected chi connectivity index (χ3v) is 3.25. The molecule has 1 amide bonds. The zero-order valence-corrected chi connectivity index (χ0v) is 10.7. The second kappa shape index (κ2) is 4.54. The minimum Gasteiger partial charge on any atom is -0.364 e. The molecule has 102 valence electrons. The van der Waals surface area contributed by atoms with Gasteiger partial charge in [0, 0.05) is 18.4 Å². The molecule has 7 heteroatoms. The van der Waals surface area contributed by atoms with E-state index in [-0.39, 0.29) is 12.1 Å². The number of benzene rings is 1. The highest BCUT2D eigenvalue weighted by molar-refractivity contribution is 6.30. The Kier molecular flexibility index (Phi) is 3.32. The van der Waals surface area contributed by atoms with Gasteiger partial charge >= 0.3 is 0 Å². The van der Waals surface area contributed by atoms with E-state index in [9.17, 15) is 18.7 Å². The first-order chi connectivity index (χ1) is 8.78. The number of alkyl halides is 2. The SMILES string of the molecule is CC(F)(F)[C@]1(O)CC(c2ccc(Cl)cc2)=NN1C=O. The van der Waals surface area contributed by atoms with E-state index in [0.717, 1.165) is 0 Å². The highest BCUT2D eigenvalue weighted by atomic mass is 35.5. The molecule has 0 saturated carbocycles. The van der Waals surface area contributed by atoms with Gasteiger partial charge in [-0.25, -0.2) is 8.78 Å². The van der Waals surface area contributed by atoms with Crippen LogP contribution in [-0.2, 0) is 4.79 Å². The number of rotatable bonds is 3. The van der Waals surface area contributed by atoms with Crippen molar-refractivity contribution in [2.75, 3.05) is 0 Å². The summed E-state index contributed by atoms with van der Waals surface area (Å²) in [7, 11) is 0. The molecule has 1 heterocycles. The van der Waals surface area contributed by atoms with Crippen molar-refractivity contribution < 1.29 is 18.7 Å². The summed E-state index contributed by atoms with van der Waals surface area (Å²) in [5.41, 5.74) is -1.91. The fourth-order valence-electron chi connectivity index (χ4n) is 1.83. The van der Waals surface area contributed by atoms with E-state index < -0.39 is 18.1 Å². The van der Waals surface area contributed by atoms with Gasteiger partial charge in [0.2, 0.25) is 12.1 Å². The van der Waals surface area contributed by atoms with Crippen LogP contribution in [0.25, 0.3) is 0 Å². The number of hydrogen-bond donors (Lipinski definition) is 1. The van der Waals surface area contributed by atoms with Crippen molar-refractivity contribution in [1.82, 2.24) is 5.01 Å². The van der Waals surface area contributed by atoms with Crippen LogP contribution in [0, 0.1) is 0 Å². The Morgan fingerprint density at radius 2 is 2.05 bits per heavy atom. The number of nitrogens with zero attached hydrogens (tertiary/aromatic N) is 2. The summed E-state index contributed by atoms with van der Waals surface area (Å²) in [6.45, 7) is 0.545. The van der Waals surface area contributed by atoms with Crippen LogP contribution in [0.4, 0.5) is 8.78 Å². The highest BCUT2D eigenvalue weighted by Gasteiger charge is 2.57. The minimum absolute atomic E-state index is 0.0837. The summed E-state index contributed by atoms with van der Waals surface area (Å²) >= 11 is 5.73. The molecule has 1 atom stereocenters. The fraction of sp³-hybridized carbons (Fsp3) is 0.333. The van der Waals surface area contributed by atoms with E-state index in [1.807, 2.05) is 0 Å². The summed E-state index contributed by atoms with van der Waals surface area (Å²) in [5.74, 6) is -3.49. The van der Waals surface area contributed by atoms with Crippen molar-refractivity contribution in [2.45, 2.75) is 25.0 Å². The van der Waals surface area contributed by atoms with Gasteiger partial charge in [-0.05, 0) is 17.7 Å². The predicted octanol–water partition coefficient (Wildman–Crippen LogP) is 2.25. The van der Waals surface area contributed by atoms with E-state index in [2.05, 4.69) is 5.10 Å². The first-order valence-corrected chi connectivity index (χ1v) is 5.84. The number of amides is 1. The van der Waals surface area contributed by atoms with Crippen LogP contribution in [-0.4, -0.2) is 33.9 Å². The average Bonchev–Trinajstić information content (AvgIpc) is 2.68. The average molecular weight is 289 g/mol. The lowest BCUT2D eigenvalue weighted by Crippen LogP contribution is -2.55. The highest BCUT2D eigenvalue weighted by Crippen LogP contribution is 2.39. The molecule has 0 aliphatic carbocycles. The minimum atomic E-state index is -3.49. The Morgan fingerprint density at radius 3 is 2.47 bits per heavy atom. The molecule has 0 radical (unpaired) electrons. The van der Waals surface area contributed by atoms with Crippen molar-refractivity contribution in [3.63, 3.8) is 0 Å². The molecule has 0 spiro atoms. The van der Waals surface area contributed by atoms with Crippen LogP contribution in [0.2, 0.25) is 5.02 Å². The van der Waals surface area contributed by atoms with Crippen LogP contribution >= 0.6 is 11.6 Å². The van der Waals surface area contributed by atoms with Crippen molar-refractivity contribution in [3.8, 4) is 0 Å². The van der Waals surface area contributed by atoms with Gasteiger partial charge in [0.25, 0.3) is 5.92 Å². The molecular weight excluding hydrogens is 278 g/mol. The Bertz CT molecular complexity index is 528. The third kappa shape index (κ3) is 2.33. The molecule has 1 aromatic rings. The quantitative estimate of drug-likeness (QED) is 0.867. The Hall–Kier alpha value is -1.53. The summed E-state index contributed by atoms with van der Waals surface area (Å²) in [4.78, 5) is 10.8. The van der Waals surface area contributed by atoms with E-state index in [1.165, 1.54) is 0 Å². The van der Waals surface area contributed by atoms with Crippen LogP contribution in [0.5, 0.6) is 0 Å². The van der Waals surface area contributed by atoms with E-state index in [0.29, 0.717) is 22.5 Å². The Morgan fingerprint density at radius 1 is 1.47 bits per heavy atom. The molecule has 2 rings (SSSR count). The molecule has 0 aromatic heterocycles. The van der Waals surface area contributed by atoms with Gasteiger partial charge < -0.3 is 5.11 Å². The molecule has 0 saturated heterocycles. The van der Waals surface area contributed by atoms with Crippen LogP contribution in [0.15, 0.2) is 29.4 Å². The van der Waals surface area contributed by atoms with E-state index in [1.54, 1.807) is 24.3 Å². The first kappa shape index (κ1) is 13.9.